The molecule has 0 amide bonds. The quantitative estimate of drug-likeness (QED) is 0.810. The highest BCUT2D eigenvalue weighted by Crippen LogP contribution is 2.32. The van der Waals surface area contributed by atoms with Gasteiger partial charge in [0.05, 0.1) is 16.3 Å². The average Bonchev–Trinajstić information content (AvgIpc) is 2.44. The van der Waals surface area contributed by atoms with Crippen molar-refractivity contribution in [3.8, 4) is 0 Å². The normalized spacial score (nSPS) is 19.7. The lowest BCUT2D eigenvalue weighted by atomic mass is 9.97. The monoisotopic (exact) mass is 312 g/mol. The lowest BCUT2D eigenvalue weighted by Crippen LogP contribution is -2.40. The van der Waals surface area contributed by atoms with Crippen LogP contribution in [0, 0.1) is 0 Å². The van der Waals surface area contributed by atoms with Crippen molar-refractivity contribution >= 4 is 21.2 Å². The van der Waals surface area contributed by atoms with Gasteiger partial charge in [0, 0.05) is 25.4 Å². The summed E-state index contributed by atoms with van der Waals surface area (Å²) in [6.07, 6.45) is 6.29. The third kappa shape index (κ3) is 3.89. The molecule has 0 aromatic heterocycles. The minimum absolute atomic E-state index is 0.201. The summed E-state index contributed by atoms with van der Waals surface area (Å²) >= 11 is 0. The maximum Gasteiger partial charge on any atom is 0.175 e. The van der Waals surface area contributed by atoms with Gasteiger partial charge in [0.1, 0.15) is 0 Å². The molecule has 1 fully saturated rings. The highest BCUT2D eigenvalue weighted by atomic mass is 32.2. The predicted molar refractivity (Wildman–Crippen MR) is 85.3 cm³/mol. The fourth-order valence-corrected chi connectivity index (χ4v) is 3.63. The number of nitrogens with two attached hydrogens (primary N) is 1. The molecule has 0 aliphatic carbocycles. The molecule has 1 aromatic carbocycles. The Morgan fingerprint density at radius 2 is 2.14 bits per heavy atom. The van der Waals surface area contributed by atoms with Gasteiger partial charge in [-0.15, -0.1) is 0 Å². The van der Waals surface area contributed by atoms with E-state index in [4.69, 9.17) is 10.8 Å². The summed E-state index contributed by atoms with van der Waals surface area (Å²) < 4.78 is 23.2. The van der Waals surface area contributed by atoms with Crippen molar-refractivity contribution in [3.05, 3.63) is 18.2 Å². The first-order valence-corrected chi connectivity index (χ1v) is 9.29. The molecule has 1 atom stereocenters. The number of rotatable bonds is 5. The van der Waals surface area contributed by atoms with E-state index < -0.39 is 9.84 Å². The summed E-state index contributed by atoms with van der Waals surface area (Å²) in [4.78, 5) is 2.52. The van der Waals surface area contributed by atoms with Gasteiger partial charge in [-0.3, -0.25) is 0 Å². The molecule has 2 rings (SSSR count). The first-order chi connectivity index (χ1) is 9.93. The zero-order valence-corrected chi connectivity index (χ0v) is 13.3. The number of aliphatic hydroxyl groups excluding tert-OH is 1. The summed E-state index contributed by atoms with van der Waals surface area (Å²) in [5, 5.41) is 9.02. The number of anilines is 2. The lowest BCUT2D eigenvalue weighted by molar-refractivity contribution is 0.273. The van der Waals surface area contributed by atoms with E-state index in [9.17, 15) is 8.42 Å². The summed E-state index contributed by atoms with van der Waals surface area (Å²) in [5.74, 6) is 0. The molecule has 1 unspecified atom stereocenters. The molecule has 1 heterocycles. The fourth-order valence-electron chi connectivity index (χ4n) is 2.97. The second-order valence-corrected chi connectivity index (χ2v) is 7.72. The van der Waals surface area contributed by atoms with Gasteiger partial charge in [0.25, 0.3) is 0 Å². The van der Waals surface area contributed by atoms with E-state index in [1.54, 1.807) is 12.1 Å². The molecule has 6 heteroatoms. The van der Waals surface area contributed by atoms with Crippen LogP contribution < -0.4 is 10.6 Å². The Kier molecular flexibility index (Phi) is 5.11. The summed E-state index contributed by atoms with van der Waals surface area (Å²) in [6, 6.07) is 5.35. The van der Waals surface area contributed by atoms with Gasteiger partial charge in [0.2, 0.25) is 0 Å². The van der Waals surface area contributed by atoms with E-state index in [1.807, 2.05) is 6.07 Å². The summed E-state index contributed by atoms with van der Waals surface area (Å²) in [7, 11) is -3.23. The number of nitrogen functional groups attached to an aromatic ring is 1. The molecule has 0 radical (unpaired) electrons. The number of piperidine rings is 1. The van der Waals surface area contributed by atoms with Crippen molar-refractivity contribution < 1.29 is 13.5 Å². The zero-order chi connectivity index (χ0) is 15.5. The molecule has 1 aliphatic heterocycles. The van der Waals surface area contributed by atoms with E-state index in [0.29, 0.717) is 11.7 Å². The first kappa shape index (κ1) is 16.1. The molecule has 5 nitrogen and oxygen atoms in total. The third-order valence-corrected chi connectivity index (χ3v) is 5.17. The molecule has 1 saturated heterocycles. The van der Waals surface area contributed by atoms with Crippen LogP contribution in [0.5, 0.6) is 0 Å². The van der Waals surface area contributed by atoms with Crippen molar-refractivity contribution in [2.24, 2.45) is 0 Å². The van der Waals surface area contributed by atoms with Gasteiger partial charge < -0.3 is 15.7 Å². The molecule has 0 saturated carbocycles. The number of hydrogen-bond donors (Lipinski definition) is 2. The summed E-state index contributed by atoms with van der Waals surface area (Å²) in [5.41, 5.74) is 7.50. The largest absolute Gasteiger partial charge is 0.397 e. The standard InChI is InChI=1S/C15H24N2O3S/c1-21(19,20)13-7-8-15(14(16)11-13)17-9-3-2-5-12(17)6-4-10-18/h7-8,11-12,18H,2-6,9-10,16H2,1H3. The van der Waals surface area contributed by atoms with Crippen LogP contribution in [0.25, 0.3) is 0 Å². The van der Waals surface area contributed by atoms with Crippen LogP contribution in [0.1, 0.15) is 32.1 Å². The fraction of sp³-hybridized carbons (Fsp3) is 0.600. The topological polar surface area (TPSA) is 83.6 Å². The van der Waals surface area contributed by atoms with Crippen LogP contribution in [0.15, 0.2) is 23.1 Å². The van der Waals surface area contributed by atoms with E-state index in [1.165, 1.54) is 12.7 Å². The minimum atomic E-state index is -3.23. The van der Waals surface area contributed by atoms with Crippen LogP contribution in [0.4, 0.5) is 11.4 Å². The van der Waals surface area contributed by atoms with E-state index in [2.05, 4.69) is 4.90 Å². The number of aliphatic hydroxyl groups is 1. The van der Waals surface area contributed by atoms with Gasteiger partial charge in [0.15, 0.2) is 9.84 Å². The van der Waals surface area contributed by atoms with Gasteiger partial charge in [-0.25, -0.2) is 8.42 Å². The molecule has 1 aliphatic rings. The van der Waals surface area contributed by atoms with Crippen LogP contribution in [0.2, 0.25) is 0 Å². The molecule has 21 heavy (non-hydrogen) atoms. The second kappa shape index (κ2) is 6.66. The Labute approximate surface area is 126 Å². The van der Waals surface area contributed by atoms with Gasteiger partial charge in [-0.2, -0.15) is 0 Å². The van der Waals surface area contributed by atoms with Crippen LogP contribution in [-0.4, -0.2) is 39.0 Å². The van der Waals surface area contributed by atoms with E-state index >= 15 is 0 Å². The molecule has 3 N–H and O–H groups in total. The van der Waals surface area contributed by atoms with Crippen molar-refractivity contribution in [3.63, 3.8) is 0 Å². The SMILES string of the molecule is CS(=O)(=O)c1ccc(N2CCCCC2CCCO)c(N)c1. The van der Waals surface area contributed by atoms with Crippen LogP contribution in [-0.2, 0) is 9.84 Å². The Morgan fingerprint density at radius 3 is 2.76 bits per heavy atom. The summed E-state index contributed by atoms with van der Waals surface area (Å²) in [6.45, 7) is 1.13. The highest BCUT2D eigenvalue weighted by Gasteiger charge is 2.24. The molecular weight excluding hydrogens is 288 g/mol. The molecule has 1 aromatic rings. The Morgan fingerprint density at radius 1 is 1.38 bits per heavy atom. The van der Waals surface area contributed by atoms with Crippen molar-refractivity contribution in [1.29, 1.82) is 0 Å². The second-order valence-electron chi connectivity index (χ2n) is 5.70. The minimum Gasteiger partial charge on any atom is -0.397 e. The third-order valence-electron chi connectivity index (χ3n) is 4.06. The maximum atomic E-state index is 11.6. The Bertz CT molecular complexity index is 587. The number of benzene rings is 1. The number of nitrogens with zero attached hydrogens (tertiary/aromatic N) is 1. The van der Waals surface area contributed by atoms with Crippen molar-refractivity contribution in [1.82, 2.24) is 0 Å². The maximum absolute atomic E-state index is 11.6. The number of sulfone groups is 1. The van der Waals surface area contributed by atoms with Crippen molar-refractivity contribution in [2.45, 2.75) is 43.0 Å². The molecular formula is C15H24N2O3S. The Hall–Kier alpha value is -1.27. The molecule has 0 bridgehead atoms. The van der Waals surface area contributed by atoms with Gasteiger partial charge in [-0.05, 0) is 50.3 Å². The lowest BCUT2D eigenvalue weighted by Gasteiger charge is -2.38. The van der Waals surface area contributed by atoms with Crippen molar-refractivity contribution in [2.75, 3.05) is 30.0 Å². The molecule has 118 valence electrons. The highest BCUT2D eigenvalue weighted by molar-refractivity contribution is 7.90. The predicted octanol–water partition coefficient (Wildman–Crippen LogP) is 1.80. The molecule has 0 spiro atoms. The first-order valence-electron chi connectivity index (χ1n) is 7.40. The number of hydrogen-bond acceptors (Lipinski definition) is 5. The zero-order valence-electron chi connectivity index (χ0n) is 12.5. The van der Waals surface area contributed by atoms with Crippen LogP contribution >= 0.6 is 0 Å². The average molecular weight is 312 g/mol. The Balaban J connectivity index is 2.26. The smallest absolute Gasteiger partial charge is 0.175 e. The van der Waals surface area contributed by atoms with Crippen LogP contribution in [0.3, 0.4) is 0 Å². The van der Waals surface area contributed by atoms with Gasteiger partial charge in [-0.1, -0.05) is 0 Å². The van der Waals surface area contributed by atoms with E-state index in [-0.39, 0.29) is 11.5 Å². The van der Waals surface area contributed by atoms with E-state index in [0.717, 1.165) is 37.9 Å². The van der Waals surface area contributed by atoms with Gasteiger partial charge >= 0.3 is 0 Å².